The number of primary amides is 1. The minimum Gasteiger partial charge on any atom is -0.370 e. The molecule has 0 aromatic heterocycles. The van der Waals surface area contributed by atoms with E-state index in [-0.39, 0.29) is 5.91 Å². The fourth-order valence-electron chi connectivity index (χ4n) is 1.92. The number of amides is 1. The Morgan fingerprint density at radius 2 is 2.29 bits per heavy atom. The summed E-state index contributed by atoms with van der Waals surface area (Å²) in [6.45, 7) is 0.902. The SMILES string of the molecule is NC(=O)CCC1NCc2ccccc21. The van der Waals surface area contributed by atoms with E-state index in [1.165, 1.54) is 11.1 Å². The molecule has 0 saturated carbocycles. The molecule has 0 bridgehead atoms. The van der Waals surface area contributed by atoms with Crippen LogP contribution in [0.25, 0.3) is 0 Å². The third kappa shape index (κ3) is 1.77. The lowest BCUT2D eigenvalue weighted by Gasteiger charge is -2.10. The summed E-state index contributed by atoms with van der Waals surface area (Å²) in [6, 6.07) is 8.60. The van der Waals surface area contributed by atoms with Gasteiger partial charge in [-0.3, -0.25) is 4.79 Å². The maximum absolute atomic E-state index is 10.7. The van der Waals surface area contributed by atoms with Crippen molar-refractivity contribution in [3.63, 3.8) is 0 Å². The summed E-state index contributed by atoms with van der Waals surface area (Å²) in [5.74, 6) is -0.226. The zero-order chi connectivity index (χ0) is 9.97. The number of hydrogen-bond donors (Lipinski definition) is 2. The van der Waals surface area contributed by atoms with Gasteiger partial charge in [0.25, 0.3) is 0 Å². The minimum atomic E-state index is -0.226. The maximum atomic E-state index is 10.7. The Bertz CT molecular complexity index is 349. The molecule has 0 spiro atoms. The molecule has 1 aliphatic heterocycles. The molecule has 0 radical (unpaired) electrons. The Morgan fingerprint density at radius 3 is 3.07 bits per heavy atom. The van der Waals surface area contributed by atoms with Crippen LogP contribution in [0.4, 0.5) is 0 Å². The first-order valence-corrected chi connectivity index (χ1v) is 4.87. The van der Waals surface area contributed by atoms with E-state index in [2.05, 4.69) is 17.4 Å². The Labute approximate surface area is 83.3 Å². The minimum absolute atomic E-state index is 0.226. The number of nitrogens with one attached hydrogen (secondary N) is 1. The van der Waals surface area contributed by atoms with Gasteiger partial charge in [-0.2, -0.15) is 0 Å². The molecule has 3 N–H and O–H groups in total. The van der Waals surface area contributed by atoms with Gasteiger partial charge in [0.05, 0.1) is 0 Å². The van der Waals surface area contributed by atoms with Crippen LogP contribution in [0.2, 0.25) is 0 Å². The molecule has 3 nitrogen and oxygen atoms in total. The van der Waals surface area contributed by atoms with Gasteiger partial charge in [-0.05, 0) is 17.5 Å². The van der Waals surface area contributed by atoms with E-state index >= 15 is 0 Å². The molecular formula is C11H14N2O. The smallest absolute Gasteiger partial charge is 0.217 e. The Hall–Kier alpha value is -1.35. The summed E-state index contributed by atoms with van der Waals surface area (Å²) in [5.41, 5.74) is 7.77. The molecule has 1 amide bonds. The van der Waals surface area contributed by atoms with Crippen molar-refractivity contribution in [1.29, 1.82) is 0 Å². The number of hydrogen-bond acceptors (Lipinski definition) is 2. The van der Waals surface area contributed by atoms with Gasteiger partial charge in [0, 0.05) is 19.0 Å². The van der Waals surface area contributed by atoms with E-state index in [1.54, 1.807) is 0 Å². The van der Waals surface area contributed by atoms with Gasteiger partial charge in [-0.1, -0.05) is 24.3 Å². The molecule has 0 aliphatic carbocycles. The molecule has 1 aliphatic rings. The average molecular weight is 190 g/mol. The van der Waals surface area contributed by atoms with Crippen molar-refractivity contribution in [3.8, 4) is 0 Å². The lowest BCUT2D eigenvalue weighted by Crippen LogP contribution is -2.17. The summed E-state index contributed by atoms with van der Waals surface area (Å²) in [6.07, 6.45) is 1.25. The third-order valence-corrected chi connectivity index (χ3v) is 2.65. The van der Waals surface area contributed by atoms with Gasteiger partial charge in [0.1, 0.15) is 0 Å². The number of fused-ring (bicyclic) bond motifs is 1. The molecule has 1 heterocycles. The molecule has 0 saturated heterocycles. The summed E-state index contributed by atoms with van der Waals surface area (Å²) in [4.78, 5) is 10.7. The van der Waals surface area contributed by atoms with Gasteiger partial charge in [0.15, 0.2) is 0 Å². The van der Waals surface area contributed by atoms with Crippen molar-refractivity contribution in [2.45, 2.75) is 25.4 Å². The number of carbonyl (C=O) groups excluding carboxylic acids is 1. The second-order valence-electron chi connectivity index (χ2n) is 3.64. The van der Waals surface area contributed by atoms with Crippen molar-refractivity contribution in [3.05, 3.63) is 35.4 Å². The van der Waals surface area contributed by atoms with Crippen LogP contribution >= 0.6 is 0 Å². The third-order valence-electron chi connectivity index (χ3n) is 2.65. The molecular weight excluding hydrogens is 176 g/mol. The molecule has 3 heteroatoms. The average Bonchev–Trinajstić information content (AvgIpc) is 2.58. The molecule has 2 rings (SSSR count). The summed E-state index contributed by atoms with van der Waals surface area (Å²) >= 11 is 0. The van der Waals surface area contributed by atoms with Gasteiger partial charge in [-0.15, -0.1) is 0 Å². The van der Waals surface area contributed by atoms with Crippen molar-refractivity contribution >= 4 is 5.91 Å². The summed E-state index contributed by atoms with van der Waals surface area (Å²) in [5, 5.41) is 3.37. The van der Waals surface area contributed by atoms with Gasteiger partial charge < -0.3 is 11.1 Å². The highest BCUT2D eigenvalue weighted by atomic mass is 16.1. The van der Waals surface area contributed by atoms with E-state index in [4.69, 9.17) is 5.73 Å². The molecule has 74 valence electrons. The second kappa shape index (κ2) is 3.80. The van der Waals surface area contributed by atoms with Gasteiger partial charge in [0.2, 0.25) is 5.91 Å². The van der Waals surface area contributed by atoms with Crippen LogP contribution in [0, 0.1) is 0 Å². The molecule has 1 unspecified atom stereocenters. The highest BCUT2D eigenvalue weighted by Gasteiger charge is 2.20. The predicted molar refractivity (Wildman–Crippen MR) is 54.5 cm³/mol. The standard InChI is InChI=1S/C11H14N2O/c12-11(14)6-5-10-9-4-2-1-3-8(9)7-13-10/h1-4,10,13H,5-7H2,(H2,12,14). The van der Waals surface area contributed by atoms with Crippen LogP contribution in [0.15, 0.2) is 24.3 Å². The van der Waals surface area contributed by atoms with Crippen LogP contribution in [0.5, 0.6) is 0 Å². The van der Waals surface area contributed by atoms with Gasteiger partial charge in [-0.25, -0.2) is 0 Å². The highest BCUT2D eigenvalue weighted by Crippen LogP contribution is 2.27. The lowest BCUT2D eigenvalue weighted by molar-refractivity contribution is -0.118. The van der Waals surface area contributed by atoms with Crippen molar-refractivity contribution in [2.75, 3.05) is 0 Å². The summed E-state index contributed by atoms with van der Waals surface area (Å²) in [7, 11) is 0. The fourth-order valence-corrected chi connectivity index (χ4v) is 1.92. The van der Waals surface area contributed by atoms with Crippen LogP contribution in [0.3, 0.4) is 0 Å². The Kier molecular flexibility index (Phi) is 2.50. The highest BCUT2D eigenvalue weighted by molar-refractivity contribution is 5.73. The van der Waals surface area contributed by atoms with E-state index in [0.29, 0.717) is 12.5 Å². The fraction of sp³-hybridized carbons (Fsp3) is 0.364. The van der Waals surface area contributed by atoms with Gasteiger partial charge >= 0.3 is 0 Å². The number of carbonyl (C=O) groups is 1. The molecule has 1 atom stereocenters. The van der Waals surface area contributed by atoms with Crippen LogP contribution < -0.4 is 11.1 Å². The second-order valence-corrected chi connectivity index (χ2v) is 3.64. The predicted octanol–water partition coefficient (Wildman–Crippen LogP) is 1.10. The largest absolute Gasteiger partial charge is 0.370 e. The lowest BCUT2D eigenvalue weighted by atomic mass is 10.0. The molecule has 1 aromatic carbocycles. The topological polar surface area (TPSA) is 55.1 Å². The zero-order valence-electron chi connectivity index (χ0n) is 7.99. The number of rotatable bonds is 3. The molecule has 14 heavy (non-hydrogen) atoms. The first kappa shape index (κ1) is 9.21. The van der Waals surface area contributed by atoms with Crippen molar-refractivity contribution in [2.24, 2.45) is 5.73 Å². The first-order valence-electron chi connectivity index (χ1n) is 4.87. The van der Waals surface area contributed by atoms with Crippen LogP contribution in [0.1, 0.15) is 30.0 Å². The van der Waals surface area contributed by atoms with E-state index in [0.717, 1.165) is 13.0 Å². The summed E-state index contributed by atoms with van der Waals surface area (Å²) < 4.78 is 0. The normalized spacial score (nSPS) is 19.3. The van der Waals surface area contributed by atoms with Crippen molar-refractivity contribution in [1.82, 2.24) is 5.32 Å². The molecule has 1 aromatic rings. The van der Waals surface area contributed by atoms with Crippen LogP contribution in [-0.4, -0.2) is 5.91 Å². The number of benzene rings is 1. The molecule has 0 fully saturated rings. The Morgan fingerprint density at radius 1 is 1.50 bits per heavy atom. The van der Waals surface area contributed by atoms with E-state index < -0.39 is 0 Å². The zero-order valence-corrected chi connectivity index (χ0v) is 7.99. The van der Waals surface area contributed by atoms with Crippen molar-refractivity contribution < 1.29 is 4.79 Å². The monoisotopic (exact) mass is 190 g/mol. The van der Waals surface area contributed by atoms with E-state index in [1.807, 2.05) is 12.1 Å². The quantitative estimate of drug-likeness (QED) is 0.749. The van der Waals surface area contributed by atoms with Crippen LogP contribution in [-0.2, 0) is 11.3 Å². The number of nitrogens with two attached hydrogens (primary N) is 1. The Balaban J connectivity index is 2.07. The van der Waals surface area contributed by atoms with E-state index in [9.17, 15) is 4.79 Å². The first-order chi connectivity index (χ1) is 6.77. The maximum Gasteiger partial charge on any atom is 0.217 e.